The zero-order valence-corrected chi connectivity index (χ0v) is 6.76. The number of nitrogens with zero attached hydrogens (tertiary/aromatic N) is 3. The largest absolute Gasteiger partial charge is 0.456 e. The first-order valence-corrected chi connectivity index (χ1v) is 3.41. The van der Waals surface area contributed by atoms with Crippen LogP contribution >= 0.6 is 0 Å². The number of imide groups is 1. The highest BCUT2D eigenvalue weighted by molar-refractivity contribution is 6.16. The molecule has 0 bridgehead atoms. The molecule has 0 aromatic carbocycles. The summed E-state index contributed by atoms with van der Waals surface area (Å²) in [5.74, 6) is -1.19. The molecule has 14 heavy (non-hydrogen) atoms. The predicted molar refractivity (Wildman–Crippen MR) is 41.7 cm³/mol. The van der Waals surface area contributed by atoms with Gasteiger partial charge in [0.1, 0.15) is 6.61 Å². The van der Waals surface area contributed by atoms with Crippen LogP contribution in [0.15, 0.2) is 16.8 Å². The van der Waals surface area contributed by atoms with E-state index in [4.69, 9.17) is 5.53 Å². The standard InChI is InChI=1S/C6H4N4O4/c7-10-9-6(13)14-2-3-1-4(11)8-5(3)12/h1H,2H2,(H,8,11,12). The summed E-state index contributed by atoms with van der Waals surface area (Å²) < 4.78 is 4.34. The molecule has 1 heterocycles. The second-order valence-electron chi connectivity index (χ2n) is 2.23. The SMILES string of the molecule is [N-]=[N+]=NC(=O)OCC1=CC(=O)NC1=O. The molecular formula is C6H4N4O4. The van der Waals surface area contributed by atoms with Gasteiger partial charge in [0.05, 0.1) is 5.57 Å². The molecule has 0 aromatic heterocycles. The van der Waals surface area contributed by atoms with Gasteiger partial charge in [-0.2, -0.15) is 0 Å². The fourth-order valence-electron chi connectivity index (χ4n) is 0.764. The molecule has 3 amide bonds. The van der Waals surface area contributed by atoms with Crippen molar-refractivity contribution >= 4 is 17.9 Å². The van der Waals surface area contributed by atoms with E-state index in [1.807, 2.05) is 5.32 Å². The number of hydrogen-bond donors (Lipinski definition) is 1. The van der Waals surface area contributed by atoms with Crippen LogP contribution in [0.25, 0.3) is 10.4 Å². The fraction of sp³-hybridized carbons (Fsp3) is 0.167. The lowest BCUT2D eigenvalue weighted by Gasteiger charge is -1.98. The lowest BCUT2D eigenvalue weighted by molar-refractivity contribution is -0.123. The average molecular weight is 196 g/mol. The minimum absolute atomic E-state index is 0.0106. The van der Waals surface area contributed by atoms with Crippen molar-refractivity contribution in [3.05, 3.63) is 22.1 Å². The van der Waals surface area contributed by atoms with E-state index in [1.165, 1.54) is 0 Å². The second kappa shape index (κ2) is 4.06. The third-order valence-electron chi connectivity index (χ3n) is 1.31. The Balaban J connectivity index is 2.50. The lowest BCUT2D eigenvalue weighted by atomic mass is 10.3. The molecular weight excluding hydrogens is 192 g/mol. The maximum Gasteiger partial charge on any atom is 0.397 e. The monoisotopic (exact) mass is 196 g/mol. The van der Waals surface area contributed by atoms with Crippen LogP contribution in [0.3, 0.4) is 0 Å². The van der Waals surface area contributed by atoms with Crippen molar-refractivity contribution in [2.45, 2.75) is 0 Å². The van der Waals surface area contributed by atoms with Gasteiger partial charge in [0, 0.05) is 16.1 Å². The number of azide groups is 1. The number of carbonyl (C=O) groups excluding carboxylic acids is 3. The summed E-state index contributed by atoms with van der Waals surface area (Å²) in [6.07, 6.45) is -0.147. The Morgan fingerprint density at radius 1 is 1.64 bits per heavy atom. The maximum atomic E-state index is 10.9. The number of carbonyl (C=O) groups is 3. The Bertz CT molecular complexity index is 379. The van der Waals surface area contributed by atoms with E-state index >= 15 is 0 Å². The maximum absolute atomic E-state index is 10.9. The van der Waals surface area contributed by atoms with Gasteiger partial charge in [-0.1, -0.05) is 0 Å². The molecule has 0 unspecified atom stereocenters. The molecule has 8 heteroatoms. The zero-order chi connectivity index (χ0) is 10.6. The summed E-state index contributed by atoms with van der Waals surface area (Å²) in [5.41, 5.74) is 7.84. The quantitative estimate of drug-likeness (QED) is 0.289. The van der Waals surface area contributed by atoms with Crippen LogP contribution in [-0.4, -0.2) is 24.5 Å². The van der Waals surface area contributed by atoms with Crippen LogP contribution in [-0.2, 0) is 14.3 Å². The molecule has 0 aliphatic carbocycles. The third kappa shape index (κ3) is 2.32. The molecule has 0 saturated heterocycles. The summed E-state index contributed by atoms with van der Waals surface area (Å²) in [7, 11) is 0. The van der Waals surface area contributed by atoms with Gasteiger partial charge >= 0.3 is 6.09 Å². The van der Waals surface area contributed by atoms with Gasteiger partial charge in [0.2, 0.25) is 0 Å². The van der Waals surface area contributed by atoms with Crippen molar-refractivity contribution in [3.8, 4) is 0 Å². The van der Waals surface area contributed by atoms with E-state index in [1.54, 1.807) is 0 Å². The molecule has 72 valence electrons. The Hall–Kier alpha value is -2.34. The minimum Gasteiger partial charge on any atom is -0.456 e. The van der Waals surface area contributed by atoms with Crippen molar-refractivity contribution in [2.24, 2.45) is 5.11 Å². The Morgan fingerprint density at radius 3 is 2.86 bits per heavy atom. The van der Waals surface area contributed by atoms with E-state index in [-0.39, 0.29) is 5.57 Å². The molecule has 0 saturated carbocycles. The topological polar surface area (TPSA) is 121 Å². The third-order valence-corrected chi connectivity index (χ3v) is 1.31. The van der Waals surface area contributed by atoms with Crippen LogP contribution in [0.2, 0.25) is 0 Å². The van der Waals surface area contributed by atoms with Crippen molar-refractivity contribution in [1.29, 1.82) is 0 Å². The summed E-state index contributed by atoms with van der Waals surface area (Å²) in [5, 5.41) is 4.56. The first-order chi connectivity index (χ1) is 6.63. The molecule has 1 rings (SSSR count). The molecule has 0 spiro atoms. The highest BCUT2D eigenvalue weighted by Gasteiger charge is 2.21. The number of rotatable bonds is 2. The van der Waals surface area contributed by atoms with Gasteiger partial charge in [0.15, 0.2) is 0 Å². The zero-order valence-electron chi connectivity index (χ0n) is 6.76. The highest BCUT2D eigenvalue weighted by atomic mass is 16.5. The summed E-state index contributed by atoms with van der Waals surface area (Å²) in [6.45, 7) is -0.393. The molecule has 1 N–H and O–H groups in total. The van der Waals surface area contributed by atoms with Crippen molar-refractivity contribution in [1.82, 2.24) is 5.32 Å². The van der Waals surface area contributed by atoms with Gasteiger partial charge < -0.3 is 4.74 Å². The van der Waals surface area contributed by atoms with Crippen LogP contribution in [0.1, 0.15) is 0 Å². The number of hydrogen-bond acceptors (Lipinski definition) is 4. The lowest BCUT2D eigenvalue weighted by Crippen LogP contribution is -2.23. The average Bonchev–Trinajstić information content (AvgIpc) is 2.42. The van der Waals surface area contributed by atoms with Crippen LogP contribution < -0.4 is 5.32 Å². The van der Waals surface area contributed by atoms with Crippen LogP contribution in [0, 0.1) is 0 Å². The molecule has 1 aliphatic rings. The Morgan fingerprint density at radius 2 is 2.36 bits per heavy atom. The van der Waals surface area contributed by atoms with Gasteiger partial charge in [-0.15, -0.1) is 0 Å². The van der Waals surface area contributed by atoms with E-state index < -0.39 is 24.5 Å². The predicted octanol–water partition coefficient (Wildman–Crippen LogP) is 0.0161. The van der Waals surface area contributed by atoms with E-state index in [0.717, 1.165) is 6.08 Å². The highest BCUT2D eigenvalue weighted by Crippen LogP contribution is 2.03. The Kier molecular flexibility index (Phi) is 2.82. The fourth-order valence-corrected chi connectivity index (χ4v) is 0.764. The van der Waals surface area contributed by atoms with E-state index in [2.05, 4.69) is 14.8 Å². The summed E-state index contributed by atoms with van der Waals surface area (Å²) in [4.78, 5) is 34.1. The van der Waals surface area contributed by atoms with Gasteiger partial charge in [-0.05, 0) is 5.53 Å². The van der Waals surface area contributed by atoms with Gasteiger partial charge in [0.25, 0.3) is 11.8 Å². The molecule has 0 radical (unpaired) electrons. The van der Waals surface area contributed by atoms with Crippen molar-refractivity contribution in [2.75, 3.05) is 6.61 Å². The smallest absolute Gasteiger partial charge is 0.397 e. The molecule has 0 aromatic rings. The number of ether oxygens (including phenoxy) is 1. The van der Waals surface area contributed by atoms with E-state index in [0.29, 0.717) is 0 Å². The van der Waals surface area contributed by atoms with Crippen LogP contribution in [0.4, 0.5) is 4.79 Å². The minimum atomic E-state index is -1.15. The van der Waals surface area contributed by atoms with Gasteiger partial charge in [-0.25, -0.2) is 4.79 Å². The van der Waals surface area contributed by atoms with Gasteiger partial charge in [-0.3, -0.25) is 14.9 Å². The number of nitrogens with one attached hydrogen (secondary N) is 1. The second-order valence-corrected chi connectivity index (χ2v) is 2.23. The summed E-state index contributed by atoms with van der Waals surface area (Å²) >= 11 is 0. The molecule has 8 nitrogen and oxygen atoms in total. The Labute approximate surface area is 77.2 Å². The normalized spacial score (nSPS) is 14.1. The van der Waals surface area contributed by atoms with Crippen molar-refractivity contribution in [3.63, 3.8) is 0 Å². The summed E-state index contributed by atoms with van der Waals surface area (Å²) in [6, 6.07) is 0. The first kappa shape index (κ1) is 9.75. The molecule has 0 fully saturated rings. The number of amides is 3. The first-order valence-electron chi connectivity index (χ1n) is 3.41. The van der Waals surface area contributed by atoms with E-state index in [9.17, 15) is 14.4 Å². The van der Waals surface area contributed by atoms with Crippen molar-refractivity contribution < 1.29 is 19.1 Å². The van der Waals surface area contributed by atoms with Crippen LogP contribution in [0.5, 0.6) is 0 Å². The molecule has 1 aliphatic heterocycles. The molecule has 0 atom stereocenters.